The van der Waals surface area contributed by atoms with E-state index >= 15 is 0 Å². The molecule has 0 aromatic heterocycles. The zero-order valence-corrected chi connectivity index (χ0v) is 13.7. The number of rotatable bonds is 7. The molecule has 0 aromatic carbocycles. The summed E-state index contributed by atoms with van der Waals surface area (Å²) in [5.41, 5.74) is 0. The largest absolute Gasteiger partial charge is 0.355 e. The average molecular weight is 367 g/mol. The second-order valence-corrected chi connectivity index (χ2v) is 5.60. The molecule has 1 aliphatic carbocycles. The number of nitrogens with one attached hydrogen (secondary N) is 2. The van der Waals surface area contributed by atoms with Crippen molar-refractivity contribution >= 4 is 28.8 Å². The Kier molecular flexibility index (Phi) is 8.17. The molecule has 0 unspecified atom stereocenters. The zero-order chi connectivity index (χ0) is 13.4. The predicted molar refractivity (Wildman–Crippen MR) is 83.7 cm³/mol. The first kappa shape index (κ1) is 16.2. The maximum absolute atomic E-state index is 12.0. The third-order valence-electron chi connectivity index (χ3n) is 3.87. The van der Waals surface area contributed by atoms with Crippen LogP contribution in [0.5, 0.6) is 0 Å². The first-order chi connectivity index (χ1) is 8.71. The van der Waals surface area contributed by atoms with Crippen molar-refractivity contribution in [2.75, 3.05) is 26.2 Å². The summed E-state index contributed by atoms with van der Waals surface area (Å²) >= 11 is 2.21. The van der Waals surface area contributed by atoms with Crippen LogP contribution < -0.4 is 8.85 Å². The summed E-state index contributed by atoms with van der Waals surface area (Å²) in [5.74, 6) is 0.497. The molecule has 0 aliphatic heterocycles. The van der Waals surface area contributed by atoms with E-state index in [9.17, 15) is 4.79 Å². The van der Waals surface area contributed by atoms with Crippen LogP contribution >= 0.6 is 22.9 Å². The highest BCUT2D eigenvalue weighted by molar-refractivity contribution is 14.1. The molecule has 1 rings (SSSR count). The van der Waals surface area contributed by atoms with Gasteiger partial charge in [0, 0.05) is 47.9 Å². The van der Waals surface area contributed by atoms with Crippen LogP contribution in [0.3, 0.4) is 0 Å². The molecule has 4 nitrogen and oxygen atoms in total. The highest BCUT2D eigenvalue weighted by Crippen LogP contribution is 2.24. The van der Waals surface area contributed by atoms with Crippen LogP contribution in [0.15, 0.2) is 0 Å². The fraction of sp³-hybridized carbons (Fsp3) is 0.923. The standard InChI is InChI=1S/C13H26IN3O/c1-3-17(4-2)10-9-15-13(18)11-5-7-12(16-14)8-6-11/h11-12,16H,3-10H2,1-2H3,(H,15,18)/t11-,12-. The van der Waals surface area contributed by atoms with Crippen LogP contribution in [0.4, 0.5) is 0 Å². The van der Waals surface area contributed by atoms with Crippen molar-refractivity contribution in [2.24, 2.45) is 5.92 Å². The van der Waals surface area contributed by atoms with Gasteiger partial charge < -0.3 is 10.2 Å². The molecule has 1 amide bonds. The Morgan fingerprint density at radius 3 is 2.33 bits per heavy atom. The highest BCUT2D eigenvalue weighted by atomic mass is 127. The summed E-state index contributed by atoms with van der Waals surface area (Å²) in [6.07, 6.45) is 4.30. The average Bonchev–Trinajstić information content (AvgIpc) is 2.43. The lowest BCUT2D eigenvalue weighted by Gasteiger charge is -2.27. The molecular formula is C13H26IN3O. The van der Waals surface area contributed by atoms with Crippen LogP contribution in [0.25, 0.3) is 0 Å². The summed E-state index contributed by atoms with van der Waals surface area (Å²) in [4.78, 5) is 14.3. The van der Waals surface area contributed by atoms with E-state index in [0.717, 1.165) is 51.9 Å². The van der Waals surface area contributed by atoms with E-state index in [0.29, 0.717) is 6.04 Å². The van der Waals surface area contributed by atoms with Crippen molar-refractivity contribution in [2.45, 2.75) is 45.6 Å². The Hall–Kier alpha value is 0.120. The van der Waals surface area contributed by atoms with Crippen LogP contribution in [0.2, 0.25) is 0 Å². The van der Waals surface area contributed by atoms with E-state index < -0.39 is 0 Å². The number of carbonyl (C=O) groups excluding carboxylic acids is 1. The van der Waals surface area contributed by atoms with E-state index in [4.69, 9.17) is 0 Å². The van der Waals surface area contributed by atoms with Gasteiger partial charge in [0.05, 0.1) is 0 Å². The van der Waals surface area contributed by atoms with Gasteiger partial charge in [0.2, 0.25) is 5.91 Å². The van der Waals surface area contributed by atoms with E-state index in [1.165, 1.54) is 0 Å². The van der Waals surface area contributed by atoms with Gasteiger partial charge in [-0.3, -0.25) is 8.32 Å². The number of likely N-dealkylation sites (N-methyl/N-ethyl adjacent to an activating group) is 1. The summed E-state index contributed by atoms with van der Waals surface area (Å²) in [5, 5.41) is 3.08. The topological polar surface area (TPSA) is 44.4 Å². The normalized spacial score (nSPS) is 24.2. The highest BCUT2D eigenvalue weighted by Gasteiger charge is 2.25. The third kappa shape index (κ3) is 5.40. The smallest absolute Gasteiger partial charge is 0.223 e. The van der Waals surface area contributed by atoms with Gasteiger partial charge in [0.15, 0.2) is 0 Å². The van der Waals surface area contributed by atoms with Crippen molar-refractivity contribution in [3.8, 4) is 0 Å². The third-order valence-corrected chi connectivity index (χ3v) is 4.75. The first-order valence-corrected chi connectivity index (χ1v) is 8.15. The molecule has 0 atom stereocenters. The minimum atomic E-state index is 0.239. The monoisotopic (exact) mass is 367 g/mol. The molecule has 1 aliphatic rings. The predicted octanol–water partition coefficient (Wildman–Crippen LogP) is 1.94. The lowest BCUT2D eigenvalue weighted by molar-refractivity contribution is -0.126. The number of halogens is 1. The number of carbonyl (C=O) groups is 1. The molecule has 5 heteroatoms. The molecule has 1 fully saturated rings. The Bertz CT molecular complexity index is 238. The molecule has 0 spiro atoms. The molecule has 0 radical (unpaired) electrons. The van der Waals surface area contributed by atoms with Gasteiger partial charge in [-0.2, -0.15) is 0 Å². The van der Waals surface area contributed by atoms with E-state index in [1.54, 1.807) is 0 Å². The fourth-order valence-electron chi connectivity index (χ4n) is 2.49. The first-order valence-electron chi connectivity index (χ1n) is 7.07. The van der Waals surface area contributed by atoms with Gasteiger partial charge >= 0.3 is 0 Å². The van der Waals surface area contributed by atoms with E-state index in [2.05, 4.69) is 50.5 Å². The van der Waals surface area contributed by atoms with Crippen molar-refractivity contribution in [1.29, 1.82) is 0 Å². The van der Waals surface area contributed by atoms with Gasteiger partial charge in [-0.15, -0.1) is 0 Å². The Labute approximate surface area is 125 Å². The molecule has 106 valence electrons. The van der Waals surface area contributed by atoms with Gasteiger partial charge in [0.1, 0.15) is 0 Å². The van der Waals surface area contributed by atoms with Gasteiger partial charge in [-0.05, 0) is 38.8 Å². The summed E-state index contributed by atoms with van der Waals surface area (Å²) in [6, 6.07) is 0.602. The lowest BCUT2D eigenvalue weighted by atomic mass is 9.86. The maximum atomic E-state index is 12.0. The molecule has 0 heterocycles. The molecular weight excluding hydrogens is 341 g/mol. The molecule has 1 saturated carbocycles. The van der Waals surface area contributed by atoms with Gasteiger partial charge in [0.25, 0.3) is 0 Å². The second kappa shape index (κ2) is 9.09. The van der Waals surface area contributed by atoms with Crippen LogP contribution in [0.1, 0.15) is 39.5 Å². The SMILES string of the molecule is CCN(CC)CCNC(=O)[C@H]1CC[C@H](NI)CC1. The van der Waals surface area contributed by atoms with Gasteiger partial charge in [-0.1, -0.05) is 13.8 Å². The van der Waals surface area contributed by atoms with Crippen molar-refractivity contribution in [1.82, 2.24) is 13.7 Å². The van der Waals surface area contributed by atoms with Crippen molar-refractivity contribution in [3.05, 3.63) is 0 Å². The lowest BCUT2D eigenvalue weighted by Crippen LogP contribution is -2.39. The van der Waals surface area contributed by atoms with E-state index in [1.807, 2.05) is 0 Å². The molecule has 18 heavy (non-hydrogen) atoms. The Morgan fingerprint density at radius 1 is 1.22 bits per heavy atom. The molecule has 0 bridgehead atoms. The van der Waals surface area contributed by atoms with Crippen LogP contribution in [-0.4, -0.2) is 43.0 Å². The number of hydrogen-bond donors (Lipinski definition) is 2. The van der Waals surface area contributed by atoms with Crippen LogP contribution in [0, 0.1) is 5.92 Å². The summed E-state index contributed by atoms with van der Waals surface area (Å²) < 4.78 is 3.27. The number of nitrogens with zero attached hydrogens (tertiary/aromatic N) is 1. The molecule has 2 N–H and O–H groups in total. The minimum absolute atomic E-state index is 0.239. The quantitative estimate of drug-likeness (QED) is 0.534. The number of amides is 1. The van der Waals surface area contributed by atoms with Crippen molar-refractivity contribution < 1.29 is 4.79 Å². The summed E-state index contributed by atoms with van der Waals surface area (Å²) in [6.45, 7) is 8.17. The second-order valence-electron chi connectivity index (χ2n) is 4.98. The van der Waals surface area contributed by atoms with Crippen LogP contribution in [-0.2, 0) is 4.79 Å². The minimum Gasteiger partial charge on any atom is -0.355 e. The molecule has 0 saturated heterocycles. The maximum Gasteiger partial charge on any atom is 0.223 e. The Morgan fingerprint density at radius 2 is 1.83 bits per heavy atom. The zero-order valence-electron chi connectivity index (χ0n) is 11.5. The van der Waals surface area contributed by atoms with Crippen molar-refractivity contribution in [3.63, 3.8) is 0 Å². The number of hydrogen-bond acceptors (Lipinski definition) is 3. The fourth-order valence-corrected chi connectivity index (χ4v) is 3.11. The molecule has 0 aromatic rings. The van der Waals surface area contributed by atoms with E-state index in [-0.39, 0.29) is 11.8 Å². The Balaban J connectivity index is 2.17. The summed E-state index contributed by atoms with van der Waals surface area (Å²) in [7, 11) is 0. The van der Waals surface area contributed by atoms with Gasteiger partial charge in [-0.25, -0.2) is 0 Å².